The van der Waals surface area contributed by atoms with Gasteiger partial charge in [0.15, 0.2) is 0 Å². The molecule has 0 bridgehead atoms. The molecule has 2 aliphatic carbocycles. The highest BCUT2D eigenvalue weighted by molar-refractivity contribution is 5.91. The molecule has 2 aliphatic rings. The van der Waals surface area contributed by atoms with Crippen LogP contribution in [0.5, 0.6) is 0 Å². The molecule has 4 aromatic rings. The maximum Gasteiger partial charge on any atom is 0.258 e. The number of imidazole rings is 1. The number of hydrogen-bond donors (Lipinski definition) is 1. The van der Waals surface area contributed by atoms with Crippen LogP contribution in [0.1, 0.15) is 57.7 Å². The number of rotatable bonds is 3. The van der Waals surface area contributed by atoms with Crippen molar-refractivity contribution >= 4 is 22.1 Å². The van der Waals surface area contributed by atoms with Gasteiger partial charge in [-0.3, -0.25) is 9.20 Å². The quantitative estimate of drug-likeness (QED) is 0.528. The van der Waals surface area contributed by atoms with Crippen LogP contribution in [0, 0.1) is 5.92 Å². The summed E-state index contributed by atoms with van der Waals surface area (Å²) in [7, 11) is 0. The zero-order valence-electron chi connectivity index (χ0n) is 18.0. The minimum absolute atomic E-state index is 0.0647. The molecule has 0 amide bonds. The van der Waals surface area contributed by atoms with Crippen LogP contribution < -0.4 is 11.3 Å². The Morgan fingerprint density at radius 3 is 2.68 bits per heavy atom. The van der Waals surface area contributed by atoms with Gasteiger partial charge in [0, 0.05) is 41.0 Å². The monoisotopic (exact) mass is 413 g/mol. The lowest BCUT2D eigenvalue weighted by atomic mass is 9.76. The lowest BCUT2D eigenvalue weighted by Gasteiger charge is -2.40. The average molecular weight is 414 g/mol. The summed E-state index contributed by atoms with van der Waals surface area (Å²) in [6.07, 6.45) is 11.2. The molecule has 2 N–H and O–H groups in total. The number of hydrogen-bond acceptors (Lipinski definition) is 4. The molecule has 6 rings (SSSR count). The van der Waals surface area contributed by atoms with Crippen LogP contribution in [-0.2, 0) is 5.54 Å². The fraction of sp³-hybridized carbons (Fsp3) is 0.400. The molecule has 0 saturated heterocycles. The van der Waals surface area contributed by atoms with E-state index < -0.39 is 0 Å². The Morgan fingerprint density at radius 2 is 1.97 bits per heavy atom. The van der Waals surface area contributed by atoms with Crippen molar-refractivity contribution in [1.29, 1.82) is 0 Å². The van der Waals surface area contributed by atoms with E-state index in [-0.39, 0.29) is 11.1 Å². The number of pyridine rings is 1. The second-order valence-electron chi connectivity index (χ2n) is 9.77. The first-order valence-electron chi connectivity index (χ1n) is 11.2. The SMILES string of the molecule is CC1CC(c2nc(-c3ccc4ccn(C5(C)CCC5)c(=O)c4c3)c3c(N)nccn23)C1. The first-order valence-corrected chi connectivity index (χ1v) is 11.2. The molecule has 3 heterocycles. The predicted molar refractivity (Wildman–Crippen MR) is 123 cm³/mol. The molecule has 0 radical (unpaired) electrons. The van der Waals surface area contributed by atoms with Gasteiger partial charge in [0.25, 0.3) is 5.56 Å². The van der Waals surface area contributed by atoms with Gasteiger partial charge in [0.05, 0.1) is 0 Å². The molecule has 6 heteroatoms. The summed E-state index contributed by atoms with van der Waals surface area (Å²) >= 11 is 0. The number of benzene rings is 1. The standard InChI is InChI=1S/C25H27N5O/c1-15-12-18(13-15)23-28-20(21-22(26)27-9-11-29(21)23)17-5-4-16-6-10-30(24(31)19(16)14-17)25(2)7-3-8-25/h4-6,9-11,14-15,18H,3,7-8,12-13H2,1-2H3,(H2,26,27). The topological polar surface area (TPSA) is 78.2 Å². The van der Waals surface area contributed by atoms with Gasteiger partial charge >= 0.3 is 0 Å². The fourth-order valence-electron chi connectivity index (χ4n) is 5.43. The minimum Gasteiger partial charge on any atom is -0.382 e. The Balaban J connectivity index is 1.55. The first kappa shape index (κ1) is 18.6. The largest absolute Gasteiger partial charge is 0.382 e. The van der Waals surface area contributed by atoms with Crippen molar-refractivity contribution in [2.45, 2.75) is 57.4 Å². The van der Waals surface area contributed by atoms with Crippen LogP contribution in [0.15, 0.2) is 47.7 Å². The van der Waals surface area contributed by atoms with E-state index in [1.165, 1.54) is 6.42 Å². The van der Waals surface area contributed by atoms with E-state index in [1.54, 1.807) is 6.20 Å². The van der Waals surface area contributed by atoms with E-state index in [0.29, 0.717) is 11.7 Å². The number of fused-ring (bicyclic) bond motifs is 2. The Kier molecular flexibility index (Phi) is 3.86. The van der Waals surface area contributed by atoms with Gasteiger partial charge in [-0.1, -0.05) is 19.1 Å². The molecule has 0 atom stereocenters. The molecule has 2 saturated carbocycles. The molecule has 3 aromatic heterocycles. The van der Waals surface area contributed by atoms with E-state index in [0.717, 1.165) is 65.0 Å². The molecular weight excluding hydrogens is 386 g/mol. The third-order valence-electron chi connectivity index (χ3n) is 7.54. The molecule has 6 nitrogen and oxygen atoms in total. The van der Waals surface area contributed by atoms with Gasteiger partial charge in [-0.2, -0.15) is 0 Å². The predicted octanol–water partition coefficient (Wildman–Crippen LogP) is 4.71. The molecule has 158 valence electrons. The Bertz CT molecular complexity index is 1390. The zero-order chi connectivity index (χ0) is 21.3. The summed E-state index contributed by atoms with van der Waals surface area (Å²) in [4.78, 5) is 22.8. The van der Waals surface area contributed by atoms with E-state index in [4.69, 9.17) is 10.7 Å². The molecule has 0 aliphatic heterocycles. The molecular formula is C25H27N5O. The highest BCUT2D eigenvalue weighted by atomic mass is 16.1. The highest BCUT2D eigenvalue weighted by Crippen LogP contribution is 2.43. The Labute approximate surface area is 180 Å². The maximum atomic E-state index is 13.4. The van der Waals surface area contributed by atoms with Crippen molar-refractivity contribution < 1.29 is 0 Å². The summed E-state index contributed by atoms with van der Waals surface area (Å²) in [5.41, 5.74) is 8.87. The first-order chi connectivity index (χ1) is 14.9. The van der Waals surface area contributed by atoms with Gasteiger partial charge in [-0.15, -0.1) is 0 Å². The van der Waals surface area contributed by atoms with E-state index in [2.05, 4.69) is 23.2 Å². The minimum atomic E-state index is -0.0647. The van der Waals surface area contributed by atoms with Gasteiger partial charge < -0.3 is 10.3 Å². The number of anilines is 1. The average Bonchev–Trinajstić information content (AvgIpc) is 3.10. The summed E-state index contributed by atoms with van der Waals surface area (Å²) < 4.78 is 4.02. The van der Waals surface area contributed by atoms with E-state index in [9.17, 15) is 4.79 Å². The number of nitrogens with two attached hydrogens (primary N) is 1. The van der Waals surface area contributed by atoms with Crippen LogP contribution in [-0.4, -0.2) is 18.9 Å². The van der Waals surface area contributed by atoms with Gasteiger partial charge in [0.1, 0.15) is 22.9 Å². The van der Waals surface area contributed by atoms with Gasteiger partial charge in [-0.05, 0) is 62.5 Å². The van der Waals surface area contributed by atoms with Crippen molar-refractivity contribution in [1.82, 2.24) is 18.9 Å². The zero-order valence-corrected chi connectivity index (χ0v) is 18.0. The van der Waals surface area contributed by atoms with Crippen molar-refractivity contribution in [2.24, 2.45) is 5.92 Å². The molecule has 0 unspecified atom stereocenters. The lowest BCUT2D eigenvalue weighted by molar-refractivity contribution is 0.164. The normalized spacial score (nSPS) is 22.4. The van der Waals surface area contributed by atoms with Gasteiger partial charge in [0.2, 0.25) is 0 Å². The van der Waals surface area contributed by atoms with Crippen molar-refractivity contribution in [3.05, 3.63) is 59.0 Å². The Hall–Kier alpha value is -3.15. The van der Waals surface area contributed by atoms with Crippen LogP contribution >= 0.6 is 0 Å². The van der Waals surface area contributed by atoms with Crippen molar-refractivity contribution in [2.75, 3.05) is 5.73 Å². The summed E-state index contributed by atoms with van der Waals surface area (Å²) in [5.74, 6) is 2.68. The van der Waals surface area contributed by atoms with Crippen LogP contribution in [0.2, 0.25) is 0 Å². The molecule has 1 aromatic carbocycles. The smallest absolute Gasteiger partial charge is 0.258 e. The van der Waals surface area contributed by atoms with Gasteiger partial charge in [-0.25, -0.2) is 9.97 Å². The molecule has 31 heavy (non-hydrogen) atoms. The molecule has 0 spiro atoms. The third kappa shape index (κ3) is 2.67. The fourth-order valence-corrected chi connectivity index (χ4v) is 5.43. The van der Waals surface area contributed by atoms with Crippen molar-refractivity contribution in [3.63, 3.8) is 0 Å². The van der Waals surface area contributed by atoms with Crippen LogP contribution in [0.25, 0.3) is 27.5 Å². The maximum absolute atomic E-state index is 13.4. The highest BCUT2D eigenvalue weighted by Gasteiger charge is 2.35. The van der Waals surface area contributed by atoms with Crippen LogP contribution in [0.3, 0.4) is 0 Å². The Morgan fingerprint density at radius 1 is 1.16 bits per heavy atom. The summed E-state index contributed by atoms with van der Waals surface area (Å²) in [5, 5.41) is 1.69. The second kappa shape index (κ2) is 6.42. The second-order valence-corrected chi connectivity index (χ2v) is 9.77. The lowest BCUT2D eigenvalue weighted by Crippen LogP contribution is -2.43. The molecule has 2 fully saturated rings. The third-order valence-corrected chi connectivity index (χ3v) is 7.54. The number of nitrogen functional groups attached to an aromatic ring is 1. The summed E-state index contributed by atoms with van der Waals surface area (Å²) in [6, 6.07) is 8.09. The van der Waals surface area contributed by atoms with E-state index in [1.807, 2.05) is 41.2 Å². The summed E-state index contributed by atoms with van der Waals surface area (Å²) in [6.45, 7) is 4.45. The number of aromatic nitrogens is 4. The van der Waals surface area contributed by atoms with E-state index >= 15 is 0 Å². The number of nitrogens with zero attached hydrogens (tertiary/aromatic N) is 4. The van der Waals surface area contributed by atoms with Crippen molar-refractivity contribution in [3.8, 4) is 11.3 Å². The van der Waals surface area contributed by atoms with Crippen LogP contribution in [0.4, 0.5) is 5.82 Å².